The highest BCUT2D eigenvalue weighted by Gasteiger charge is 2.28. The molecular weight excluding hydrogens is 520 g/mol. The monoisotopic (exact) mass is 550 g/mol. The molecule has 0 fully saturated rings. The molecule has 9 nitrogen and oxygen atoms in total. The number of carboxylic acid groups (broad SMARTS) is 1. The lowest BCUT2D eigenvalue weighted by atomic mass is 10.1. The average molecular weight is 551 g/mol. The first kappa shape index (κ1) is 27.9. The van der Waals surface area contributed by atoms with Crippen LogP contribution in [0.25, 0.3) is 22.1 Å². The van der Waals surface area contributed by atoms with E-state index < -0.39 is 33.9 Å². The van der Waals surface area contributed by atoms with Gasteiger partial charge in [0.05, 0.1) is 16.4 Å². The summed E-state index contributed by atoms with van der Waals surface area (Å²) in [6.07, 6.45) is -0.0206. The Balaban J connectivity index is 1.46. The van der Waals surface area contributed by atoms with Crippen molar-refractivity contribution in [3.05, 3.63) is 78.6 Å². The molecule has 1 heterocycles. The molecule has 0 unspecified atom stereocenters. The number of carboxylic acids is 1. The van der Waals surface area contributed by atoms with Crippen molar-refractivity contribution in [3.63, 3.8) is 0 Å². The van der Waals surface area contributed by atoms with Crippen LogP contribution < -0.4 is 14.8 Å². The van der Waals surface area contributed by atoms with Crippen molar-refractivity contribution in [1.82, 2.24) is 4.72 Å². The Morgan fingerprint density at radius 2 is 1.51 bits per heavy atom. The van der Waals surface area contributed by atoms with E-state index in [2.05, 4.69) is 10.0 Å². The lowest BCUT2D eigenvalue weighted by Crippen LogP contribution is -2.44. The number of fused-ring (bicyclic) bond motifs is 1. The van der Waals surface area contributed by atoms with Crippen molar-refractivity contribution in [1.29, 1.82) is 0 Å². The summed E-state index contributed by atoms with van der Waals surface area (Å²) in [4.78, 5) is 24.2. The van der Waals surface area contributed by atoms with Crippen molar-refractivity contribution in [2.24, 2.45) is 5.92 Å². The second-order valence-corrected chi connectivity index (χ2v) is 11.4. The fourth-order valence-electron chi connectivity index (χ4n) is 3.97. The van der Waals surface area contributed by atoms with Crippen LogP contribution in [0.15, 0.2) is 82.1 Å². The second-order valence-electron chi connectivity index (χ2n) is 9.68. The highest BCUT2D eigenvalue weighted by atomic mass is 32.2. The van der Waals surface area contributed by atoms with Crippen LogP contribution in [-0.4, -0.2) is 37.5 Å². The smallest absolute Gasteiger partial charge is 0.322 e. The third-order valence-corrected chi connectivity index (χ3v) is 7.42. The summed E-state index contributed by atoms with van der Waals surface area (Å²) in [5, 5.41) is 12.8. The van der Waals surface area contributed by atoms with Crippen molar-refractivity contribution in [2.75, 3.05) is 5.32 Å². The number of benzene rings is 3. The molecule has 39 heavy (non-hydrogen) atoms. The van der Waals surface area contributed by atoms with Crippen LogP contribution in [0.5, 0.6) is 5.75 Å². The molecule has 0 aliphatic heterocycles. The van der Waals surface area contributed by atoms with E-state index in [1.54, 1.807) is 68.4 Å². The Morgan fingerprint density at radius 3 is 2.08 bits per heavy atom. The number of sulfonamides is 1. The van der Waals surface area contributed by atoms with Crippen LogP contribution in [0.4, 0.5) is 5.69 Å². The van der Waals surface area contributed by atoms with E-state index in [0.717, 1.165) is 16.5 Å². The molecule has 4 rings (SSSR count). The van der Waals surface area contributed by atoms with Crippen molar-refractivity contribution in [3.8, 4) is 16.9 Å². The maximum absolute atomic E-state index is 12.8. The lowest BCUT2D eigenvalue weighted by molar-refractivity contribution is -0.140. The quantitative estimate of drug-likeness (QED) is 0.236. The summed E-state index contributed by atoms with van der Waals surface area (Å²) in [5.41, 5.74) is 2.66. The van der Waals surface area contributed by atoms with Crippen LogP contribution >= 0.6 is 0 Å². The number of anilines is 1. The maximum Gasteiger partial charge on any atom is 0.322 e. The Bertz CT molecular complexity index is 1590. The first-order chi connectivity index (χ1) is 18.4. The summed E-state index contributed by atoms with van der Waals surface area (Å²) >= 11 is 0. The van der Waals surface area contributed by atoms with E-state index in [0.29, 0.717) is 17.0 Å². The van der Waals surface area contributed by atoms with Crippen LogP contribution in [0.3, 0.4) is 0 Å². The number of carbonyl (C=O) groups excluding carboxylic acids is 1. The first-order valence-corrected chi connectivity index (χ1v) is 13.9. The van der Waals surface area contributed by atoms with Gasteiger partial charge in [-0.25, -0.2) is 8.42 Å². The molecule has 3 aromatic carbocycles. The van der Waals surface area contributed by atoms with Gasteiger partial charge >= 0.3 is 5.97 Å². The minimum atomic E-state index is -4.01. The normalized spacial score (nSPS) is 12.6. The number of ether oxygens (including phenoxy) is 1. The molecule has 1 amide bonds. The number of hydrogen-bond acceptors (Lipinski definition) is 6. The number of carbonyl (C=O) groups is 2. The van der Waals surface area contributed by atoms with E-state index in [1.165, 1.54) is 12.1 Å². The number of nitrogens with one attached hydrogen (secondary N) is 2. The van der Waals surface area contributed by atoms with Crippen LogP contribution in [0.1, 0.15) is 38.2 Å². The largest absolute Gasteiger partial charge is 0.490 e. The molecular formula is C29H30N2O7S. The molecule has 10 heteroatoms. The molecule has 0 saturated heterocycles. The average Bonchev–Trinajstić information content (AvgIpc) is 3.33. The number of hydrogen-bond donors (Lipinski definition) is 3. The molecule has 1 atom stereocenters. The molecule has 0 aliphatic carbocycles. The topological polar surface area (TPSA) is 135 Å². The van der Waals surface area contributed by atoms with Gasteiger partial charge in [-0.3, -0.25) is 9.59 Å². The zero-order valence-corrected chi connectivity index (χ0v) is 22.8. The second kappa shape index (κ2) is 11.3. The van der Waals surface area contributed by atoms with Crippen molar-refractivity contribution in [2.45, 2.75) is 44.7 Å². The number of furan rings is 1. The third-order valence-electron chi connectivity index (χ3n) is 5.96. The van der Waals surface area contributed by atoms with Crippen LogP contribution in [0, 0.1) is 5.92 Å². The maximum atomic E-state index is 12.8. The molecule has 0 saturated carbocycles. The minimum absolute atomic E-state index is 0.0206. The van der Waals surface area contributed by atoms with Crippen molar-refractivity contribution >= 4 is 38.6 Å². The van der Waals surface area contributed by atoms with E-state index in [-0.39, 0.29) is 16.8 Å². The van der Waals surface area contributed by atoms with E-state index >= 15 is 0 Å². The highest BCUT2D eigenvalue weighted by Crippen LogP contribution is 2.30. The molecule has 3 N–H and O–H groups in total. The summed E-state index contributed by atoms with van der Waals surface area (Å²) < 4.78 is 39.1. The van der Waals surface area contributed by atoms with Gasteiger partial charge in [-0.2, -0.15) is 4.72 Å². The van der Waals surface area contributed by atoms with E-state index in [9.17, 15) is 23.1 Å². The molecule has 4 aromatic rings. The van der Waals surface area contributed by atoms with Crippen molar-refractivity contribution < 1.29 is 32.3 Å². The van der Waals surface area contributed by atoms with Gasteiger partial charge in [0.25, 0.3) is 5.91 Å². The van der Waals surface area contributed by atoms with Gasteiger partial charge in [0.2, 0.25) is 10.0 Å². The Hall–Kier alpha value is -4.15. The third kappa shape index (κ3) is 6.47. The first-order valence-electron chi connectivity index (χ1n) is 12.4. The summed E-state index contributed by atoms with van der Waals surface area (Å²) in [6, 6.07) is 19.0. The number of aliphatic carboxylic acids is 1. The standard InChI is InChI=1S/C29H30N2O7S/c1-17(2)27(29(33)34)31-39(35,36)22-14-10-20(11-15-22)19-8-12-21(13-9-19)30-28(32)26-16-23-24(37-18(3)4)6-5-7-25(23)38-26/h5-18,27,31H,1-4H3,(H,30,32)(H,33,34)/t27-/m0/s1. The summed E-state index contributed by atoms with van der Waals surface area (Å²) in [5.74, 6) is -1.26. The molecule has 0 radical (unpaired) electrons. The predicted molar refractivity (Wildman–Crippen MR) is 148 cm³/mol. The highest BCUT2D eigenvalue weighted by molar-refractivity contribution is 7.89. The molecule has 0 aliphatic rings. The predicted octanol–water partition coefficient (Wildman–Crippen LogP) is 5.53. The van der Waals surface area contributed by atoms with Gasteiger partial charge in [-0.1, -0.05) is 44.2 Å². The molecule has 0 spiro atoms. The van der Waals surface area contributed by atoms with Gasteiger partial charge in [0.15, 0.2) is 5.76 Å². The van der Waals surface area contributed by atoms with Gasteiger partial charge in [-0.05, 0) is 67.3 Å². The fraction of sp³-hybridized carbons (Fsp3) is 0.241. The molecule has 204 valence electrons. The van der Waals surface area contributed by atoms with E-state index in [1.807, 2.05) is 19.9 Å². The number of rotatable bonds is 10. The lowest BCUT2D eigenvalue weighted by Gasteiger charge is -2.18. The van der Waals surface area contributed by atoms with Crippen LogP contribution in [-0.2, 0) is 14.8 Å². The van der Waals surface area contributed by atoms with E-state index in [4.69, 9.17) is 9.15 Å². The van der Waals surface area contributed by atoms with Gasteiger partial charge in [-0.15, -0.1) is 0 Å². The van der Waals surface area contributed by atoms with Gasteiger partial charge < -0.3 is 19.6 Å². The zero-order chi connectivity index (χ0) is 28.3. The Labute approximate surface area is 226 Å². The van der Waals surface area contributed by atoms with Gasteiger partial charge in [0, 0.05) is 11.8 Å². The SMILES string of the molecule is CC(C)Oc1cccc2oc(C(=O)Nc3ccc(-c4ccc(S(=O)(=O)N[C@H](C(=O)O)C(C)C)cc4)cc3)cc12. The number of amides is 1. The van der Waals surface area contributed by atoms with Crippen LogP contribution in [0.2, 0.25) is 0 Å². The minimum Gasteiger partial charge on any atom is -0.490 e. The Morgan fingerprint density at radius 1 is 0.897 bits per heavy atom. The molecule has 1 aromatic heterocycles. The van der Waals surface area contributed by atoms with Gasteiger partial charge in [0.1, 0.15) is 17.4 Å². The molecule has 0 bridgehead atoms. The Kier molecular flexibility index (Phi) is 8.08. The zero-order valence-electron chi connectivity index (χ0n) is 22.0. The fourth-order valence-corrected chi connectivity index (χ4v) is 5.31. The summed E-state index contributed by atoms with van der Waals surface area (Å²) in [7, 11) is -4.01. The summed E-state index contributed by atoms with van der Waals surface area (Å²) in [6.45, 7) is 7.11.